The summed E-state index contributed by atoms with van der Waals surface area (Å²) in [5, 5.41) is 21.3. The molecule has 0 aliphatic heterocycles. The maximum Gasteiger partial charge on any atom is 0.340 e. The quantitative estimate of drug-likeness (QED) is 0.540. The molecule has 24 heavy (non-hydrogen) atoms. The van der Waals surface area contributed by atoms with E-state index in [1.54, 1.807) is 6.92 Å². The van der Waals surface area contributed by atoms with Crippen LogP contribution in [0.4, 0.5) is 0 Å². The number of aromatic hydroxyl groups is 1. The van der Waals surface area contributed by atoms with Crippen LogP contribution < -0.4 is 10.9 Å². The second-order valence-electron chi connectivity index (χ2n) is 5.32. The molecule has 1 aromatic carbocycles. The first-order chi connectivity index (χ1) is 11.3. The number of phenolic OH excluding ortho intramolecular Hbond substituents is 1. The van der Waals surface area contributed by atoms with E-state index in [9.17, 15) is 19.5 Å². The molecule has 0 saturated carbocycles. The predicted molar refractivity (Wildman–Crippen MR) is 87.5 cm³/mol. The van der Waals surface area contributed by atoms with Crippen molar-refractivity contribution in [2.75, 3.05) is 6.54 Å². The van der Waals surface area contributed by atoms with Gasteiger partial charge in [-0.05, 0) is 25.0 Å². The van der Waals surface area contributed by atoms with Crippen molar-refractivity contribution in [2.24, 2.45) is 0 Å². The summed E-state index contributed by atoms with van der Waals surface area (Å²) in [5.41, 5.74) is 0.260. The van der Waals surface area contributed by atoms with E-state index < -0.39 is 17.5 Å². The molecule has 1 amide bonds. The van der Waals surface area contributed by atoms with Crippen molar-refractivity contribution in [1.82, 2.24) is 5.32 Å². The highest BCUT2D eigenvalue weighted by atomic mass is 35.5. The lowest BCUT2D eigenvalue weighted by Gasteiger charge is -2.09. The standard InChI is InChI=1S/C16H16ClNO6/c1-8-9-5-11(17)12(19)7-13(9)24-16(23)10(8)6-14(20)18-4-2-3-15(21)22/h5,7,19H,2-4,6H2,1H3,(H,18,20)(H,21,22). The number of hydrogen-bond donors (Lipinski definition) is 3. The SMILES string of the molecule is Cc1c(CC(=O)NCCCC(=O)O)c(=O)oc2cc(O)c(Cl)cc12. The van der Waals surface area contributed by atoms with E-state index in [1.165, 1.54) is 12.1 Å². The molecule has 0 saturated heterocycles. The van der Waals surface area contributed by atoms with Gasteiger partial charge in [0.15, 0.2) is 0 Å². The van der Waals surface area contributed by atoms with Gasteiger partial charge in [0.05, 0.1) is 17.0 Å². The second kappa shape index (κ2) is 7.35. The molecule has 0 aliphatic rings. The summed E-state index contributed by atoms with van der Waals surface area (Å²) in [4.78, 5) is 34.4. The highest BCUT2D eigenvalue weighted by molar-refractivity contribution is 6.32. The molecule has 0 atom stereocenters. The zero-order valence-corrected chi connectivity index (χ0v) is 13.6. The van der Waals surface area contributed by atoms with Crippen LogP contribution in [0, 0.1) is 6.92 Å². The van der Waals surface area contributed by atoms with E-state index >= 15 is 0 Å². The van der Waals surface area contributed by atoms with Gasteiger partial charge in [-0.15, -0.1) is 0 Å². The van der Waals surface area contributed by atoms with Gasteiger partial charge in [-0.25, -0.2) is 4.79 Å². The first kappa shape index (κ1) is 17.8. The first-order valence-corrected chi connectivity index (χ1v) is 7.60. The van der Waals surface area contributed by atoms with Crippen molar-refractivity contribution in [3.63, 3.8) is 0 Å². The average Bonchev–Trinajstić information content (AvgIpc) is 2.50. The maximum absolute atomic E-state index is 12.1. The fourth-order valence-corrected chi connectivity index (χ4v) is 2.46. The summed E-state index contributed by atoms with van der Waals surface area (Å²) < 4.78 is 5.14. The molecular weight excluding hydrogens is 338 g/mol. The predicted octanol–water partition coefficient (Wildman–Crippen LogP) is 1.98. The number of aliphatic carboxylic acids is 1. The van der Waals surface area contributed by atoms with E-state index in [2.05, 4.69) is 5.32 Å². The Morgan fingerprint density at radius 2 is 2.04 bits per heavy atom. The van der Waals surface area contributed by atoms with Crippen LogP contribution in [-0.2, 0) is 16.0 Å². The van der Waals surface area contributed by atoms with Gasteiger partial charge in [-0.2, -0.15) is 0 Å². The number of carboxylic acids is 1. The van der Waals surface area contributed by atoms with Gasteiger partial charge in [0.25, 0.3) is 0 Å². The topological polar surface area (TPSA) is 117 Å². The normalized spacial score (nSPS) is 10.8. The molecule has 0 spiro atoms. The van der Waals surface area contributed by atoms with Crippen molar-refractivity contribution in [2.45, 2.75) is 26.2 Å². The van der Waals surface area contributed by atoms with E-state index in [4.69, 9.17) is 21.1 Å². The third-order valence-corrected chi connectivity index (χ3v) is 3.88. The van der Waals surface area contributed by atoms with E-state index in [-0.39, 0.29) is 41.3 Å². The van der Waals surface area contributed by atoms with Gasteiger partial charge in [-0.3, -0.25) is 9.59 Å². The maximum atomic E-state index is 12.1. The summed E-state index contributed by atoms with van der Waals surface area (Å²) in [6, 6.07) is 2.72. The monoisotopic (exact) mass is 353 g/mol. The molecule has 0 fully saturated rings. The van der Waals surface area contributed by atoms with Gasteiger partial charge in [-0.1, -0.05) is 11.6 Å². The minimum absolute atomic E-state index is 0.0422. The summed E-state index contributed by atoms with van der Waals surface area (Å²) in [5.74, 6) is -1.54. The van der Waals surface area contributed by atoms with Crippen LogP contribution in [0.2, 0.25) is 5.02 Å². The highest BCUT2D eigenvalue weighted by Gasteiger charge is 2.16. The van der Waals surface area contributed by atoms with Crippen molar-refractivity contribution in [3.05, 3.63) is 38.7 Å². The van der Waals surface area contributed by atoms with Crippen LogP contribution in [0.25, 0.3) is 11.0 Å². The molecule has 0 unspecified atom stereocenters. The molecule has 2 rings (SSSR count). The fourth-order valence-electron chi connectivity index (χ4n) is 2.29. The number of rotatable bonds is 6. The number of benzene rings is 1. The minimum atomic E-state index is -0.935. The smallest absolute Gasteiger partial charge is 0.340 e. The molecule has 8 heteroatoms. The Labute approximate surface area is 141 Å². The second-order valence-corrected chi connectivity index (χ2v) is 5.72. The molecule has 1 aromatic heterocycles. The number of halogens is 1. The van der Waals surface area contributed by atoms with Crippen LogP contribution in [0.1, 0.15) is 24.0 Å². The Hall–Kier alpha value is -2.54. The number of aryl methyl sites for hydroxylation is 1. The van der Waals surface area contributed by atoms with Crippen LogP contribution in [0.5, 0.6) is 5.75 Å². The first-order valence-electron chi connectivity index (χ1n) is 7.23. The third-order valence-electron chi connectivity index (χ3n) is 3.58. The van der Waals surface area contributed by atoms with Crippen LogP contribution in [0.3, 0.4) is 0 Å². The summed E-state index contributed by atoms with van der Waals surface area (Å²) in [7, 11) is 0. The molecule has 0 radical (unpaired) electrons. The number of nitrogens with one attached hydrogen (secondary N) is 1. The summed E-state index contributed by atoms with van der Waals surface area (Å²) in [6.07, 6.45) is 0.0797. The molecule has 2 aromatic rings. The number of carbonyl (C=O) groups is 2. The highest BCUT2D eigenvalue weighted by Crippen LogP contribution is 2.30. The number of carbonyl (C=O) groups excluding carboxylic acids is 1. The molecule has 7 nitrogen and oxygen atoms in total. The number of phenols is 1. The molecule has 128 valence electrons. The zero-order valence-electron chi connectivity index (χ0n) is 12.9. The van der Waals surface area contributed by atoms with Crippen LogP contribution >= 0.6 is 11.6 Å². The molecular formula is C16H16ClNO6. The Morgan fingerprint density at radius 1 is 1.33 bits per heavy atom. The van der Waals surface area contributed by atoms with Gasteiger partial charge in [0, 0.05) is 24.4 Å². The minimum Gasteiger partial charge on any atom is -0.506 e. The van der Waals surface area contributed by atoms with Crippen molar-refractivity contribution in [3.8, 4) is 5.75 Å². The van der Waals surface area contributed by atoms with Crippen molar-refractivity contribution < 1.29 is 24.2 Å². The third kappa shape index (κ3) is 4.05. The largest absolute Gasteiger partial charge is 0.506 e. The molecule has 0 bridgehead atoms. The Kier molecular flexibility index (Phi) is 5.46. The lowest BCUT2D eigenvalue weighted by atomic mass is 10.0. The number of fused-ring (bicyclic) bond motifs is 1. The fraction of sp³-hybridized carbons (Fsp3) is 0.312. The lowest BCUT2D eigenvalue weighted by Crippen LogP contribution is -2.28. The van der Waals surface area contributed by atoms with Crippen molar-refractivity contribution in [1.29, 1.82) is 0 Å². The van der Waals surface area contributed by atoms with E-state index in [1.807, 2.05) is 0 Å². The van der Waals surface area contributed by atoms with E-state index in [0.29, 0.717) is 17.4 Å². The van der Waals surface area contributed by atoms with Crippen LogP contribution in [0.15, 0.2) is 21.3 Å². The molecule has 0 aliphatic carbocycles. The molecule has 1 heterocycles. The zero-order chi connectivity index (χ0) is 17.9. The van der Waals surface area contributed by atoms with Gasteiger partial charge in [0.1, 0.15) is 11.3 Å². The Balaban J connectivity index is 2.20. The molecule has 3 N–H and O–H groups in total. The van der Waals surface area contributed by atoms with Gasteiger partial charge >= 0.3 is 11.6 Å². The average molecular weight is 354 g/mol. The number of amides is 1. The van der Waals surface area contributed by atoms with E-state index in [0.717, 1.165) is 0 Å². The van der Waals surface area contributed by atoms with Gasteiger partial charge < -0.3 is 19.9 Å². The van der Waals surface area contributed by atoms with Gasteiger partial charge in [0.2, 0.25) is 5.91 Å². The number of carboxylic acid groups (broad SMARTS) is 1. The lowest BCUT2D eigenvalue weighted by molar-refractivity contribution is -0.137. The van der Waals surface area contributed by atoms with Crippen LogP contribution in [-0.4, -0.2) is 28.6 Å². The Morgan fingerprint density at radius 3 is 2.71 bits per heavy atom. The van der Waals surface area contributed by atoms with Crippen molar-refractivity contribution >= 4 is 34.4 Å². The number of hydrogen-bond acceptors (Lipinski definition) is 5. The summed E-state index contributed by atoms with van der Waals surface area (Å²) >= 11 is 5.87. The Bertz CT molecular complexity index is 858. The summed E-state index contributed by atoms with van der Waals surface area (Å²) in [6.45, 7) is 1.88.